The predicted octanol–water partition coefficient (Wildman–Crippen LogP) is 0.710. The van der Waals surface area contributed by atoms with Crippen LogP contribution in [0, 0.1) is 11.8 Å². The Morgan fingerprint density at radius 3 is 2.46 bits per heavy atom. The van der Waals surface area contributed by atoms with Crippen molar-refractivity contribution in [3.05, 3.63) is 0 Å². The molecule has 2 atom stereocenters. The summed E-state index contributed by atoms with van der Waals surface area (Å²) >= 11 is 0. The van der Waals surface area contributed by atoms with E-state index in [9.17, 15) is 13.6 Å². The van der Waals surface area contributed by atoms with Gasteiger partial charge in [-0.3, -0.25) is 4.79 Å². The first-order valence-electron chi connectivity index (χ1n) is 3.71. The highest BCUT2D eigenvalue weighted by molar-refractivity contribution is 5.82. The van der Waals surface area contributed by atoms with Gasteiger partial charge in [0.1, 0.15) is 5.92 Å². The van der Waals surface area contributed by atoms with Gasteiger partial charge in [0.2, 0.25) is 5.91 Å². The second-order valence-electron chi connectivity index (χ2n) is 2.60. The molecule has 0 aliphatic carbocycles. The van der Waals surface area contributed by atoms with E-state index in [0.717, 1.165) is 6.21 Å². The lowest BCUT2D eigenvalue weighted by molar-refractivity contribution is -0.130. The second-order valence-corrected chi connectivity index (χ2v) is 2.60. The number of alkyl halides is 2. The van der Waals surface area contributed by atoms with Crippen molar-refractivity contribution in [1.29, 1.82) is 0 Å². The van der Waals surface area contributed by atoms with E-state index in [-0.39, 0.29) is 0 Å². The van der Waals surface area contributed by atoms with E-state index in [1.165, 1.54) is 14.0 Å². The van der Waals surface area contributed by atoms with Crippen LogP contribution in [0.15, 0.2) is 5.16 Å². The van der Waals surface area contributed by atoms with Gasteiger partial charge in [0.05, 0.1) is 0 Å². The van der Waals surface area contributed by atoms with Gasteiger partial charge < -0.3 is 10.5 Å². The number of hydrogen-bond acceptors (Lipinski definition) is 3. The van der Waals surface area contributed by atoms with Crippen molar-refractivity contribution in [3.8, 4) is 0 Å². The van der Waals surface area contributed by atoms with E-state index in [2.05, 4.69) is 10.5 Å². The average molecular weight is 194 g/mol. The number of carbonyl (C=O) groups is 1. The Labute approximate surface area is 74.6 Å². The molecule has 2 N–H and O–H groups in total. The van der Waals surface area contributed by atoms with Gasteiger partial charge in [-0.1, -0.05) is 6.92 Å². The molecule has 0 aromatic heterocycles. The fourth-order valence-corrected chi connectivity index (χ4v) is 0.947. The molecular formula is C7H12F2N2O2. The largest absolute Gasteiger partial charge is 0.411 e. The Morgan fingerprint density at radius 1 is 1.62 bits per heavy atom. The van der Waals surface area contributed by atoms with E-state index >= 15 is 0 Å². The van der Waals surface area contributed by atoms with Crippen molar-refractivity contribution < 1.29 is 18.8 Å². The van der Waals surface area contributed by atoms with Crippen molar-refractivity contribution in [1.82, 2.24) is 5.32 Å². The van der Waals surface area contributed by atoms with Gasteiger partial charge in [-0.15, -0.1) is 5.16 Å². The van der Waals surface area contributed by atoms with E-state index < -0.39 is 24.2 Å². The zero-order valence-corrected chi connectivity index (χ0v) is 7.37. The first-order valence-corrected chi connectivity index (χ1v) is 3.71. The Kier molecular flexibility index (Phi) is 4.94. The maximum absolute atomic E-state index is 12.3. The molecule has 0 fully saturated rings. The minimum Gasteiger partial charge on any atom is -0.411 e. The molecule has 0 radical (unpaired) electrons. The highest BCUT2D eigenvalue weighted by atomic mass is 19.3. The van der Waals surface area contributed by atoms with E-state index in [1.54, 1.807) is 0 Å². The van der Waals surface area contributed by atoms with Crippen LogP contribution in [0.5, 0.6) is 0 Å². The van der Waals surface area contributed by atoms with Gasteiger partial charge in [0.25, 0.3) is 6.43 Å². The van der Waals surface area contributed by atoms with Crippen LogP contribution in [0.1, 0.15) is 6.92 Å². The molecule has 6 heteroatoms. The fourth-order valence-electron chi connectivity index (χ4n) is 0.947. The fraction of sp³-hybridized carbons (Fsp3) is 0.714. The molecule has 0 aromatic carbocycles. The molecule has 4 nitrogen and oxygen atoms in total. The number of nitrogens with one attached hydrogen (secondary N) is 1. The third-order valence-corrected chi connectivity index (χ3v) is 1.69. The van der Waals surface area contributed by atoms with Gasteiger partial charge in [-0.05, 0) is 0 Å². The van der Waals surface area contributed by atoms with Crippen molar-refractivity contribution in [2.45, 2.75) is 13.3 Å². The molecule has 0 spiro atoms. The topological polar surface area (TPSA) is 61.7 Å². The summed E-state index contributed by atoms with van der Waals surface area (Å²) < 4.78 is 24.6. The molecule has 13 heavy (non-hydrogen) atoms. The number of rotatable bonds is 4. The van der Waals surface area contributed by atoms with E-state index in [0.29, 0.717) is 0 Å². The number of nitrogens with zero attached hydrogens (tertiary/aromatic N) is 1. The summed E-state index contributed by atoms with van der Waals surface area (Å²) in [5, 5.41) is 12.9. The maximum Gasteiger partial charge on any atom is 0.250 e. The lowest BCUT2D eigenvalue weighted by atomic mass is 9.95. The lowest BCUT2D eigenvalue weighted by Gasteiger charge is -2.17. The third-order valence-electron chi connectivity index (χ3n) is 1.69. The number of hydrogen-bond donors (Lipinski definition) is 2. The number of oxime groups is 1. The van der Waals surface area contributed by atoms with E-state index in [1.807, 2.05) is 0 Å². The summed E-state index contributed by atoms with van der Waals surface area (Å²) in [7, 11) is 1.28. The Hall–Kier alpha value is -1.20. The van der Waals surface area contributed by atoms with Gasteiger partial charge in [0.15, 0.2) is 0 Å². The molecule has 76 valence electrons. The number of amides is 1. The van der Waals surface area contributed by atoms with Crippen LogP contribution in [-0.2, 0) is 4.79 Å². The molecule has 0 aliphatic heterocycles. The second kappa shape index (κ2) is 5.45. The van der Waals surface area contributed by atoms with Gasteiger partial charge in [-0.2, -0.15) is 0 Å². The van der Waals surface area contributed by atoms with Gasteiger partial charge in [0, 0.05) is 19.2 Å². The quantitative estimate of drug-likeness (QED) is 0.393. The van der Waals surface area contributed by atoms with Crippen molar-refractivity contribution in [3.63, 3.8) is 0 Å². The van der Waals surface area contributed by atoms with Crippen LogP contribution in [-0.4, -0.2) is 30.8 Å². The zero-order valence-electron chi connectivity index (χ0n) is 7.37. The molecule has 0 saturated carbocycles. The first kappa shape index (κ1) is 11.8. The normalized spacial score (nSPS) is 16.1. The first-order chi connectivity index (χ1) is 6.04. The minimum atomic E-state index is -2.77. The SMILES string of the molecule is CNC(=O)C(C(F)F)C(C)/C=N\O. The maximum atomic E-state index is 12.3. The Morgan fingerprint density at radius 2 is 2.15 bits per heavy atom. The third kappa shape index (κ3) is 3.35. The highest BCUT2D eigenvalue weighted by Gasteiger charge is 2.32. The van der Waals surface area contributed by atoms with Crippen LogP contribution in [0.25, 0.3) is 0 Å². The number of halogens is 2. The Balaban J connectivity index is 4.50. The molecule has 2 unspecified atom stereocenters. The summed E-state index contributed by atoms with van der Waals surface area (Å²) in [6.45, 7) is 1.38. The monoisotopic (exact) mass is 194 g/mol. The average Bonchev–Trinajstić information content (AvgIpc) is 2.04. The molecule has 0 rings (SSSR count). The predicted molar refractivity (Wildman–Crippen MR) is 43.0 cm³/mol. The number of carbonyl (C=O) groups excluding carboxylic acids is 1. The summed E-state index contributed by atoms with van der Waals surface area (Å²) in [6, 6.07) is 0. The molecule has 0 bridgehead atoms. The molecule has 1 amide bonds. The zero-order chi connectivity index (χ0) is 10.4. The molecule has 0 aliphatic rings. The summed E-state index contributed by atoms with van der Waals surface area (Å²) in [5.41, 5.74) is 0. The van der Waals surface area contributed by atoms with Crippen molar-refractivity contribution in [2.75, 3.05) is 7.05 Å². The van der Waals surface area contributed by atoms with Crippen LogP contribution in [0.4, 0.5) is 8.78 Å². The van der Waals surface area contributed by atoms with Crippen LogP contribution in [0.2, 0.25) is 0 Å². The smallest absolute Gasteiger partial charge is 0.250 e. The molecular weight excluding hydrogens is 182 g/mol. The summed E-state index contributed by atoms with van der Waals surface area (Å²) in [5.74, 6) is -3.03. The van der Waals surface area contributed by atoms with Crippen molar-refractivity contribution in [2.24, 2.45) is 17.0 Å². The lowest BCUT2D eigenvalue weighted by Crippen LogP contribution is -2.37. The van der Waals surface area contributed by atoms with Gasteiger partial charge in [-0.25, -0.2) is 8.78 Å². The van der Waals surface area contributed by atoms with E-state index in [4.69, 9.17) is 5.21 Å². The minimum absolute atomic E-state index is 0.762. The Bertz CT molecular complexity index is 197. The van der Waals surface area contributed by atoms with Crippen LogP contribution in [0.3, 0.4) is 0 Å². The molecule has 0 heterocycles. The molecule has 0 saturated heterocycles. The highest BCUT2D eigenvalue weighted by Crippen LogP contribution is 2.18. The van der Waals surface area contributed by atoms with Gasteiger partial charge >= 0.3 is 0 Å². The summed E-state index contributed by atoms with van der Waals surface area (Å²) in [6.07, 6.45) is -1.86. The van der Waals surface area contributed by atoms with Crippen LogP contribution >= 0.6 is 0 Å². The molecule has 0 aromatic rings. The van der Waals surface area contributed by atoms with Crippen LogP contribution < -0.4 is 5.32 Å². The summed E-state index contributed by atoms with van der Waals surface area (Å²) in [4.78, 5) is 10.9. The standard InChI is InChI=1S/C7H12F2N2O2/c1-4(3-11-13)5(6(8)9)7(12)10-2/h3-6,13H,1-2H3,(H,10,12)/b11-3-. The van der Waals surface area contributed by atoms with Crippen molar-refractivity contribution >= 4 is 12.1 Å².